The van der Waals surface area contributed by atoms with Crippen molar-refractivity contribution in [1.29, 1.82) is 0 Å². The van der Waals surface area contributed by atoms with Crippen LogP contribution in [0.4, 0.5) is 6.01 Å². The van der Waals surface area contributed by atoms with Crippen molar-refractivity contribution in [3.63, 3.8) is 0 Å². The summed E-state index contributed by atoms with van der Waals surface area (Å²) in [6, 6.07) is 13.8. The molecule has 1 N–H and O–H groups in total. The molecule has 4 rings (SSSR count). The molecule has 2 heterocycles. The Bertz CT molecular complexity index is 1190. The van der Waals surface area contributed by atoms with Crippen LogP contribution < -0.4 is 10.1 Å². The Labute approximate surface area is 186 Å². The lowest BCUT2D eigenvalue weighted by molar-refractivity contribution is -0.121. The molecule has 1 fully saturated rings. The summed E-state index contributed by atoms with van der Waals surface area (Å²) in [5, 5.41) is 10.5. The second-order valence-electron chi connectivity index (χ2n) is 7.65. The Morgan fingerprint density at radius 3 is 2.53 bits per heavy atom. The molecule has 32 heavy (non-hydrogen) atoms. The molecule has 2 aromatic carbocycles. The van der Waals surface area contributed by atoms with Gasteiger partial charge >= 0.3 is 6.01 Å². The molecular formula is C22H24N4O5S. The summed E-state index contributed by atoms with van der Waals surface area (Å²) >= 11 is 0. The van der Waals surface area contributed by atoms with Gasteiger partial charge in [0.1, 0.15) is 5.75 Å². The Morgan fingerprint density at radius 2 is 1.84 bits per heavy atom. The molecule has 3 aromatic rings. The Kier molecular flexibility index (Phi) is 6.24. The van der Waals surface area contributed by atoms with Crippen molar-refractivity contribution in [3.8, 4) is 17.2 Å². The average Bonchev–Trinajstić information content (AvgIpc) is 3.28. The van der Waals surface area contributed by atoms with E-state index in [0.717, 1.165) is 11.1 Å². The first-order valence-electron chi connectivity index (χ1n) is 10.2. The molecule has 0 spiro atoms. The first-order chi connectivity index (χ1) is 15.4. The van der Waals surface area contributed by atoms with Crippen molar-refractivity contribution in [3.05, 3.63) is 54.1 Å². The van der Waals surface area contributed by atoms with Gasteiger partial charge in [-0.1, -0.05) is 22.8 Å². The van der Waals surface area contributed by atoms with Gasteiger partial charge in [-0.05, 0) is 56.2 Å². The minimum atomic E-state index is -3.72. The van der Waals surface area contributed by atoms with Gasteiger partial charge in [0, 0.05) is 18.7 Å². The first kappa shape index (κ1) is 22.0. The molecule has 0 bridgehead atoms. The molecule has 1 aromatic heterocycles. The van der Waals surface area contributed by atoms with Gasteiger partial charge < -0.3 is 9.15 Å². The van der Waals surface area contributed by atoms with E-state index in [9.17, 15) is 13.2 Å². The number of piperidine rings is 1. The van der Waals surface area contributed by atoms with E-state index >= 15 is 0 Å². The number of hydrogen-bond acceptors (Lipinski definition) is 7. The highest BCUT2D eigenvalue weighted by Crippen LogP contribution is 2.26. The largest absolute Gasteiger partial charge is 0.497 e. The topological polar surface area (TPSA) is 115 Å². The number of nitrogens with zero attached hydrogens (tertiary/aromatic N) is 3. The van der Waals surface area contributed by atoms with E-state index in [-0.39, 0.29) is 23.4 Å². The summed E-state index contributed by atoms with van der Waals surface area (Å²) in [7, 11) is -2.20. The van der Waals surface area contributed by atoms with E-state index in [1.807, 2.05) is 31.2 Å². The van der Waals surface area contributed by atoms with Crippen LogP contribution in [0.3, 0.4) is 0 Å². The number of aromatic nitrogens is 2. The minimum Gasteiger partial charge on any atom is -0.497 e. The SMILES string of the molecule is COc1ccc(S(=O)(=O)N2CCCC(C(=O)Nc3nnc(-c4ccc(C)cc4)o3)C2)cc1. The minimum absolute atomic E-state index is 0.0132. The van der Waals surface area contributed by atoms with E-state index in [1.54, 1.807) is 12.1 Å². The van der Waals surface area contributed by atoms with Gasteiger partial charge in [-0.25, -0.2) is 8.42 Å². The maximum Gasteiger partial charge on any atom is 0.322 e. The lowest BCUT2D eigenvalue weighted by Gasteiger charge is -2.30. The van der Waals surface area contributed by atoms with Crippen molar-refractivity contribution in [2.45, 2.75) is 24.7 Å². The number of carbonyl (C=O) groups excluding carboxylic acids is 1. The van der Waals surface area contributed by atoms with Gasteiger partial charge in [0.15, 0.2) is 0 Å². The first-order valence-corrected chi connectivity index (χ1v) is 11.7. The van der Waals surface area contributed by atoms with Crippen LogP contribution in [0.1, 0.15) is 18.4 Å². The van der Waals surface area contributed by atoms with Gasteiger partial charge in [0.2, 0.25) is 21.8 Å². The lowest BCUT2D eigenvalue weighted by atomic mass is 9.99. The Balaban J connectivity index is 1.43. The van der Waals surface area contributed by atoms with E-state index in [4.69, 9.17) is 9.15 Å². The summed E-state index contributed by atoms with van der Waals surface area (Å²) in [4.78, 5) is 12.9. The zero-order valence-electron chi connectivity index (χ0n) is 17.8. The molecule has 1 aliphatic heterocycles. The Morgan fingerprint density at radius 1 is 1.12 bits per heavy atom. The molecule has 1 atom stereocenters. The van der Waals surface area contributed by atoms with Crippen LogP contribution >= 0.6 is 0 Å². The molecule has 168 valence electrons. The van der Waals surface area contributed by atoms with Crippen LogP contribution in [0.15, 0.2) is 57.8 Å². The standard InChI is InChI=1S/C22H24N4O5S/c1-15-5-7-16(8-6-15)21-24-25-22(31-21)23-20(27)17-4-3-13-26(14-17)32(28,29)19-11-9-18(30-2)10-12-19/h5-12,17H,3-4,13-14H2,1-2H3,(H,23,25,27). The van der Waals surface area contributed by atoms with E-state index in [1.165, 1.54) is 23.5 Å². The highest BCUT2D eigenvalue weighted by molar-refractivity contribution is 7.89. The normalized spacial score (nSPS) is 17.1. The third kappa shape index (κ3) is 4.66. The fourth-order valence-electron chi connectivity index (χ4n) is 3.57. The second kappa shape index (κ2) is 9.09. The summed E-state index contributed by atoms with van der Waals surface area (Å²) in [5.74, 6) is 0.00213. The van der Waals surface area contributed by atoms with Crippen LogP contribution in [0.25, 0.3) is 11.5 Å². The van der Waals surface area contributed by atoms with Gasteiger partial charge in [0.05, 0.1) is 17.9 Å². The van der Waals surface area contributed by atoms with E-state index < -0.39 is 15.9 Å². The van der Waals surface area contributed by atoms with Crippen molar-refractivity contribution in [1.82, 2.24) is 14.5 Å². The van der Waals surface area contributed by atoms with E-state index in [2.05, 4.69) is 15.5 Å². The second-order valence-corrected chi connectivity index (χ2v) is 9.58. The molecule has 1 amide bonds. The highest BCUT2D eigenvalue weighted by atomic mass is 32.2. The molecule has 10 heteroatoms. The van der Waals surface area contributed by atoms with Crippen molar-refractivity contribution < 1.29 is 22.4 Å². The summed E-state index contributed by atoms with van der Waals surface area (Å²) < 4.78 is 38.0. The van der Waals surface area contributed by atoms with Gasteiger partial charge in [-0.15, -0.1) is 5.10 Å². The maximum absolute atomic E-state index is 13.0. The van der Waals surface area contributed by atoms with Gasteiger partial charge in [-0.2, -0.15) is 4.31 Å². The third-order valence-corrected chi connectivity index (χ3v) is 7.29. The number of ether oxygens (including phenoxy) is 1. The average molecular weight is 457 g/mol. The predicted molar refractivity (Wildman–Crippen MR) is 118 cm³/mol. The number of rotatable bonds is 6. The van der Waals surface area contributed by atoms with Crippen molar-refractivity contribution >= 4 is 21.9 Å². The summed E-state index contributed by atoms with van der Waals surface area (Å²) in [6.45, 7) is 2.42. The van der Waals surface area contributed by atoms with Crippen LogP contribution in [-0.2, 0) is 14.8 Å². The molecule has 1 aliphatic rings. The molecular weight excluding hydrogens is 432 g/mol. The highest BCUT2D eigenvalue weighted by Gasteiger charge is 2.33. The van der Waals surface area contributed by atoms with Crippen LogP contribution in [0, 0.1) is 12.8 Å². The van der Waals surface area contributed by atoms with Gasteiger partial charge in [-0.3, -0.25) is 10.1 Å². The number of nitrogens with one attached hydrogen (secondary N) is 1. The molecule has 0 saturated carbocycles. The van der Waals surface area contributed by atoms with Crippen LogP contribution in [-0.4, -0.2) is 49.0 Å². The number of benzene rings is 2. The zero-order chi connectivity index (χ0) is 22.7. The van der Waals surface area contributed by atoms with Gasteiger partial charge in [0.25, 0.3) is 0 Å². The van der Waals surface area contributed by atoms with E-state index in [0.29, 0.717) is 31.0 Å². The number of sulfonamides is 1. The number of anilines is 1. The quantitative estimate of drug-likeness (QED) is 0.606. The van der Waals surface area contributed by atoms with Crippen molar-refractivity contribution in [2.24, 2.45) is 5.92 Å². The molecule has 1 unspecified atom stereocenters. The number of carbonyl (C=O) groups is 1. The summed E-state index contributed by atoms with van der Waals surface area (Å²) in [6.07, 6.45) is 1.14. The number of methoxy groups -OCH3 is 1. The number of amides is 1. The third-order valence-electron chi connectivity index (χ3n) is 5.41. The fraction of sp³-hybridized carbons (Fsp3) is 0.318. The fourth-order valence-corrected chi connectivity index (χ4v) is 5.09. The van der Waals surface area contributed by atoms with Crippen molar-refractivity contribution in [2.75, 3.05) is 25.5 Å². The Hall–Kier alpha value is -3.24. The lowest BCUT2D eigenvalue weighted by Crippen LogP contribution is -2.43. The number of hydrogen-bond donors (Lipinski definition) is 1. The monoisotopic (exact) mass is 456 g/mol. The smallest absolute Gasteiger partial charge is 0.322 e. The zero-order valence-corrected chi connectivity index (χ0v) is 18.6. The summed E-state index contributed by atoms with van der Waals surface area (Å²) in [5.41, 5.74) is 1.85. The molecule has 9 nitrogen and oxygen atoms in total. The maximum atomic E-state index is 13.0. The molecule has 1 saturated heterocycles. The molecule has 0 radical (unpaired) electrons. The van der Waals surface area contributed by atoms with Crippen LogP contribution in [0.2, 0.25) is 0 Å². The number of aryl methyl sites for hydroxylation is 1. The molecule has 0 aliphatic carbocycles. The predicted octanol–water partition coefficient (Wildman–Crippen LogP) is 3.09. The van der Waals surface area contributed by atoms with Crippen LogP contribution in [0.5, 0.6) is 5.75 Å².